The number of ether oxygens (including phenoxy) is 1. The monoisotopic (exact) mass is 438 g/mol. The highest BCUT2D eigenvalue weighted by molar-refractivity contribution is 4.61. The first kappa shape index (κ1) is 31.0. The lowest BCUT2D eigenvalue weighted by atomic mass is 9.95. The van der Waals surface area contributed by atoms with E-state index in [-0.39, 0.29) is 0 Å². The molecule has 1 nitrogen and oxygen atoms in total. The van der Waals surface area contributed by atoms with E-state index in [0.29, 0.717) is 0 Å². The molecule has 1 atom stereocenters. The average Bonchev–Trinajstić information content (AvgIpc) is 2.78. The van der Waals surface area contributed by atoms with Gasteiger partial charge >= 0.3 is 0 Å². The van der Waals surface area contributed by atoms with E-state index < -0.39 is 0 Å². The molecule has 0 saturated carbocycles. The van der Waals surface area contributed by atoms with Gasteiger partial charge in [0.2, 0.25) is 0 Å². The summed E-state index contributed by atoms with van der Waals surface area (Å²) in [5, 5.41) is 0. The molecule has 188 valence electrons. The lowest BCUT2D eigenvalue weighted by Crippen LogP contribution is -2.11. The molecule has 1 heteroatoms. The summed E-state index contributed by atoms with van der Waals surface area (Å²) in [5.74, 6) is 0.820. The second kappa shape index (κ2) is 28.0. The SMILES string of the molecule is CCCCCCCCCCCCCCOCC(CCCCCC)CCCCCCCC. The lowest BCUT2D eigenvalue weighted by molar-refractivity contribution is 0.0878. The molecular formula is C30H62O. The minimum Gasteiger partial charge on any atom is -0.381 e. The highest BCUT2D eigenvalue weighted by Gasteiger charge is 2.09. The summed E-state index contributed by atoms with van der Waals surface area (Å²) in [4.78, 5) is 0. The molecule has 1 unspecified atom stereocenters. The van der Waals surface area contributed by atoms with Gasteiger partial charge in [-0.3, -0.25) is 0 Å². The summed E-state index contributed by atoms with van der Waals surface area (Å²) in [6, 6.07) is 0. The largest absolute Gasteiger partial charge is 0.381 e. The molecular weight excluding hydrogens is 376 g/mol. The normalized spacial score (nSPS) is 12.5. The van der Waals surface area contributed by atoms with Crippen molar-refractivity contribution in [1.29, 1.82) is 0 Å². The molecule has 0 heterocycles. The summed E-state index contributed by atoms with van der Waals surface area (Å²) in [5.41, 5.74) is 0. The van der Waals surface area contributed by atoms with E-state index >= 15 is 0 Å². The minimum atomic E-state index is 0.820. The van der Waals surface area contributed by atoms with Crippen LogP contribution in [-0.4, -0.2) is 13.2 Å². The van der Waals surface area contributed by atoms with E-state index in [1.54, 1.807) is 0 Å². The Morgan fingerprint density at radius 1 is 0.387 bits per heavy atom. The third-order valence-corrected chi connectivity index (χ3v) is 6.93. The van der Waals surface area contributed by atoms with Gasteiger partial charge in [-0.2, -0.15) is 0 Å². The predicted molar refractivity (Wildman–Crippen MR) is 142 cm³/mol. The third kappa shape index (κ3) is 26.1. The van der Waals surface area contributed by atoms with Crippen LogP contribution in [-0.2, 0) is 4.74 Å². The smallest absolute Gasteiger partial charge is 0.0494 e. The zero-order valence-corrected chi connectivity index (χ0v) is 22.4. The Bertz CT molecular complexity index is 301. The highest BCUT2D eigenvalue weighted by atomic mass is 16.5. The first-order valence-electron chi connectivity index (χ1n) is 14.9. The molecule has 0 aliphatic heterocycles. The van der Waals surface area contributed by atoms with E-state index in [2.05, 4.69) is 20.8 Å². The fourth-order valence-corrected chi connectivity index (χ4v) is 4.68. The standard InChI is InChI=1S/C30H62O/c1-4-7-10-13-15-16-17-18-19-20-22-25-28-31-29-30(26-23-12-9-6-3)27-24-21-14-11-8-5-2/h30H,4-29H2,1-3H3. The van der Waals surface area contributed by atoms with Crippen molar-refractivity contribution in [3.8, 4) is 0 Å². The first-order valence-corrected chi connectivity index (χ1v) is 14.9. The molecule has 0 aliphatic carbocycles. The zero-order valence-electron chi connectivity index (χ0n) is 22.4. The third-order valence-electron chi connectivity index (χ3n) is 6.93. The maximum Gasteiger partial charge on any atom is 0.0494 e. The van der Waals surface area contributed by atoms with Gasteiger partial charge < -0.3 is 4.74 Å². The summed E-state index contributed by atoms with van der Waals surface area (Å²) >= 11 is 0. The number of rotatable bonds is 27. The van der Waals surface area contributed by atoms with E-state index in [9.17, 15) is 0 Å². The van der Waals surface area contributed by atoms with Crippen LogP contribution in [0.5, 0.6) is 0 Å². The van der Waals surface area contributed by atoms with Gasteiger partial charge in [-0.25, -0.2) is 0 Å². The number of hydrogen-bond acceptors (Lipinski definition) is 1. The Labute approximate surface area is 198 Å². The van der Waals surface area contributed by atoms with Crippen molar-refractivity contribution >= 4 is 0 Å². The maximum absolute atomic E-state index is 6.14. The van der Waals surface area contributed by atoms with Crippen molar-refractivity contribution < 1.29 is 4.74 Å². The Balaban J connectivity index is 3.57. The van der Waals surface area contributed by atoms with Crippen LogP contribution in [0.3, 0.4) is 0 Å². The molecule has 0 aromatic carbocycles. The molecule has 0 aromatic rings. The molecule has 31 heavy (non-hydrogen) atoms. The van der Waals surface area contributed by atoms with Gasteiger partial charge in [0, 0.05) is 13.2 Å². The van der Waals surface area contributed by atoms with E-state index in [1.165, 1.54) is 154 Å². The summed E-state index contributed by atoms with van der Waals surface area (Å²) in [6.45, 7) is 8.94. The quantitative estimate of drug-likeness (QED) is 0.116. The van der Waals surface area contributed by atoms with E-state index in [1.807, 2.05) is 0 Å². The van der Waals surface area contributed by atoms with Gasteiger partial charge in [0.05, 0.1) is 0 Å². The van der Waals surface area contributed by atoms with Crippen molar-refractivity contribution in [3.63, 3.8) is 0 Å². The van der Waals surface area contributed by atoms with Crippen molar-refractivity contribution in [1.82, 2.24) is 0 Å². The van der Waals surface area contributed by atoms with Gasteiger partial charge in [-0.15, -0.1) is 0 Å². The second-order valence-corrected chi connectivity index (χ2v) is 10.2. The van der Waals surface area contributed by atoms with E-state index in [4.69, 9.17) is 4.74 Å². The molecule has 0 amide bonds. The molecule has 0 bridgehead atoms. The van der Waals surface area contributed by atoms with E-state index in [0.717, 1.165) is 19.1 Å². The minimum absolute atomic E-state index is 0.820. The fraction of sp³-hybridized carbons (Fsp3) is 1.00. The zero-order chi connectivity index (χ0) is 22.7. The summed E-state index contributed by atoms with van der Waals surface area (Å²) < 4.78 is 6.14. The first-order chi connectivity index (χ1) is 15.3. The molecule has 0 saturated heterocycles. The molecule has 0 radical (unpaired) electrons. The van der Waals surface area contributed by atoms with Crippen molar-refractivity contribution in [3.05, 3.63) is 0 Å². The van der Waals surface area contributed by atoms with Crippen molar-refractivity contribution in [2.45, 2.75) is 175 Å². The van der Waals surface area contributed by atoms with Crippen molar-refractivity contribution in [2.75, 3.05) is 13.2 Å². The highest BCUT2D eigenvalue weighted by Crippen LogP contribution is 2.20. The predicted octanol–water partition coefficient (Wildman–Crippen LogP) is 11.0. The van der Waals surface area contributed by atoms with Crippen LogP contribution >= 0.6 is 0 Å². The Morgan fingerprint density at radius 3 is 1.13 bits per heavy atom. The lowest BCUT2D eigenvalue weighted by Gasteiger charge is -2.17. The van der Waals surface area contributed by atoms with Crippen LogP contribution in [0.1, 0.15) is 175 Å². The molecule has 0 spiro atoms. The molecule has 0 rings (SSSR count). The van der Waals surface area contributed by atoms with Crippen LogP contribution in [0.4, 0.5) is 0 Å². The van der Waals surface area contributed by atoms with Crippen LogP contribution < -0.4 is 0 Å². The fourth-order valence-electron chi connectivity index (χ4n) is 4.68. The summed E-state index contributed by atoms with van der Waals surface area (Å²) in [6.07, 6.45) is 33.9. The number of unbranched alkanes of at least 4 members (excludes halogenated alkanes) is 19. The van der Waals surface area contributed by atoms with Crippen LogP contribution in [0.15, 0.2) is 0 Å². The molecule has 0 N–H and O–H groups in total. The van der Waals surface area contributed by atoms with Crippen LogP contribution in [0.2, 0.25) is 0 Å². The molecule has 0 aliphatic rings. The van der Waals surface area contributed by atoms with Crippen LogP contribution in [0, 0.1) is 5.92 Å². The molecule has 0 aromatic heterocycles. The summed E-state index contributed by atoms with van der Waals surface area (Å²) in [7, 11) is 0. The van der Waals surface area contributed by atoms with Gasteiger partial charge in [-0.05, 0) is 25.2 Å². The Hall–Kier alpha value is -0.0400. The van der Waals surface area contributed by atoms with Gasteiger partial charge in [0.1, 0.15) is 0 Å². The number of hydrogen-bond donors (Lipinski definition) is 0. The Kier molecular flexibility index (Phi) is 28.0. The van der Waals surface area contributed by atoms with Gasteiger partial charge in [-0.1, -0.05) is 156 Å². The second-order valence-electron chi connectivity index (χ2n) is 10.2. The molecule has 0 fully saturated rings. The van der Waals surface area contributed by atoms with Gasteiger partial charge in [0.15, 0.2) is 0 Å². The maximum atomic E-state index is 6.14. The van der Waals surface area contributed by atoms with Crippen LogP contribution in [0.25, 0.3) is 0 Å². The van der Waals surface area contributed by atoms with Crippen molar-refractivity contribution in [2.24, 2.45) is 5.92 Å². The Morgan fingerprint density at radius 2 is 0.710 bits per heavy atom. The average molecular weight is 439 g/mol. The topological polar surface area (TPSA) is 9.23 Å². The van der Waals surface area contributed by atoms with Gasteiger partial charge in [0.25, 0.3) is 0 Å².